The number of aromatic nitrogens is 2. The molecule has 0 radical (unpaired) electrons. The smallest absolute Gasteiger partial charge is 0.414 e. The molecule has 0 saturated carbocycles. The van der Waals surface area contributed by atoms with Crippen LogP contribution in [0.2, 0.25) is 23.2 Å². The first-order valence-corrected chi connectivity index (χ1v) is 17.7. The molecule has 8 nitrogen and oxygen atoms in total. The molecule has 0 fully saturated rings. The first kappa shape index (κ1) is 32.5. The van der Waals surface area contributed by atoms with Crippen LogP contribution in [0.3, 0.4) is 0 Å². The van der Waals surface area contributed by atoms with Crippen molar-refractivity contribution in [3.8, 4) is 17.3 Å². The zero-order valence-corrected chi connectivity index (χ0v) is 28.6. The number of anilines is 3. The van der Waals surface area contributed by atoms with Gasteiger partial charge in [0, 0.05) is 41.0 Å². The van der Waals surface area contributed by atoms with Gasteiger partial charge in [-0.05, 0) is 87.3 Å². The van der Waals surface area contributed by atoms with Crippen molar-refractivity contribution in [1.82, 2.24) is 9.97 Å². The van der Waals surface area contributed by atoms with E-state index in [1.165, 1.54) is 0 Å². The molecule has 4 rings (SSSR count). The molecule has 2 heterocycles. The van der Waals surface area contributed by atoms with Gasteiger partial charge in [0.15, 0.2) is 8.32 Å². The molecule has 1 N–H and O–H groups in total. The Balaban J connectivity index is 1.80. The van der Waals surface area contributed by atoms with Gasteiger partial charge in [0.05, 0.1) is 16.9 Å². The molecule has 3 aromatic rings. The number of nitrogens with one attached hydrogen (secondary N) is 1. The molecule has 2 aromatic carbocycles. The summed E-state index contributed by atoms with van der Waals surface area (Å²) in [5.41, 5.74) is 3.69. The number of hydrogen-bond acceptors (Lipinski definition) is 7. The molecule has 1 amide bonds. The molecule has 0 aliphatic carbocycles. The number of amides is 1. The van der Waals surface area contributed by atoms with Crippen LogP contribution in [0.5, 0.6) is 0 Å². The number of aryl methyl sites for hydroxylation is 1. The van der Waals surface area contributed by atoms with Gasteiger partial charge >= 0.3 is 6.09 Å². The van der Waals surface area contributed by atoms with E-state index < -0.39 is 25.4 Å². The highest BCUT2D eigenvalue weighted by atomic mass is 35.5. The second kappa shape index (κ2) is 11.6. The van der Waals surface area contributed by atoms with E-state index in [2.05, 4.69) is 57.2 Å². The van der Waals surface area contributed by atoms with Gasteiger partial charge in [0.1, 0.15) is 11.7 Å². The largest absolute Gasteiger partial charge is 0.443 e. The van der Waals surface area contributed by atoms with Crippen molar-refractivity contribution in [2.45, 2.75) is 84.5 Å². The molecule has 0 bridgehead atoms. The van der Waals surface area contributed by atoms with Gasteiger partial charge in [0.25, 0.3) is 0 Å². The highest BCUT2D eigenvalue weighted by Crippen LogP contribution is 2.47. The number of hydrogen-bond donors (Lipinski definition) is 1. The van der Waals surface area contributed by atoms with E-state index in [4.69, 9.17) is 25.7 Å². The summed E-state index contributed by atoms with van der Waals surface area (Å²) in [6, 6.07) is 13.5. The Morgan fingerprint density at radius 3 is 2.49 bits per heavy atom. The number of ether oxygens (including phenoxy) is 1. The summed E-state index contributed by atoms with van der Waals surface area (Å²) in [4.78, 5) is 24.3. The molecule has 1 unspecified atom stereocenters. The van der Waals surface area contributed by atoms with Gasteiger partial charge in [-0.2, -0.15) is 5.26 Å². The molecule has 1 aliphatic heterocycles. The van der Waals surface area contributed by atoms with Crippen molar-refractivity contribution in [2.24, 2.45) is 0 Å². The van der Waals surface area contributed by atoms with Crippen LogP contribution < -0.4 is 10.2 Å². The third-order valence-electron chi connectivity index (χ3n) is 8.23. The Morgan fingerprint density at radius 2 is 1.86 bits per heavy atom. The minimum Gasteiger partial charge on any atom is -0.443 e. The second-order valence-corrected chi connectivity index (χ2v) is 19.3. The topological polar surface area (TPSA) is 100 Å². The van der Waals surface area contributed by atoms with Crippen LogP contribution in [0.1, 0.15) is 65.2 Å². The molecule has 0 spiro atoms. The summed E-state index contributed by atoms with van der Waals surface area (Å²) in [6.45, 7) is 21.3. The summed E-state index contributed by atoms with van der Waals surface area (Å²) >= 11 is 6.22. The van der Waals surface area contributed by atoms with Crippen molar-refractivity contribution < 1.29 is 14.0 Å². The highest BCUT2D eigenvalue weighted by molar-refractivity contribution is 6.74. The number of carbonyl (C=O) groups is 1. The zero-order chi connectivity index (χ0) is 32.0. The number of rotatable bonds is 6. The van der Waals surface area contributed by atoms with Crippen molar-refractivity contribution in [2.75, 3.05) is 23.4 Å². The van der Waals surface area contributed by atoms with Gasteiger partial charge in [-0.3, -0.25) is 4.90 Å². The Hall–Kier alpha value is -3.45. The number of halogens is 1. The van der Waals surface area contributed by atoms with Crippen LogP contribution >= 0.6 is 11.6 Å². The number of nitrogens with zero attached hydrogens (tertiary/aromatic N) is 4. The lowest BCUT2D eigenvalue weighted by molar-refractivity contribution is 0.0575. The van der Waals surface area contributed by atoms with Gasteiger partial charge < -0.3 is 14.5 Å². The number of nitriles is 1. The standard InChI is InChI=1S/C33H42ClN5O3Si/c1-21-11-12-24(34)17-27(21)38-29-36-14-13-26(37-29)22-15-23(18-35)28-25(16-22)33(8,20-41-43(9,10)32(5,6)7)19-39(28)30(40)42-31(2,3)4/h11-17H,19-20H2,1-10H3,(H,36,37,38). The van der Waals surface area contributed by atoms with Gasteiger partial charge in [-0.25, -0.2) is 14.8 Å². The molecular formula is C33H42ClN5O3Si. The fraction of sp³-hybridized carbons (Fsp3) is 0.455. The van der Waals surface area contributed by atoms with Crippen molar-refractivity contribution in [3.63, 3.8) is 0 Å². The van der Waals surface area contributed by atoms with E-state index in [9.17, 15) is 10.1 Å². The summed E-state index contributed by atoms with van der Waals surface area (Å²) < 4.78 is 12.5. The van der Waals surface area contributed by atoms with Crippen LogP contribution in [-0.2, 0) is 14.6 Å². The third-order valence-corrected chi connectivity index (χ3v) is 12.9. The molecule has 0 saturated heterocycles. The van der Waals surface area contributed by atoms with Crippen LogP contribution in [0.15, 0.2) is 42.6 Å². The van der Waals surface area contributed by atoms with Crippen LogP contribution in [0.25, 0.3) is 11.3 Å². The predicted octanol–water partition coefficient (Wildman–Crippen LogP) is 8.76. The Kier molecular flexibility index (Phi) is 8.73. The highest BCUT2D eigenvalue weighted by Gasteiger charge is 2.47. The Bertz CT molecular complexity index is 1590. The monoisotopic (exact) mass is 619 g/mol. The molecule has 228 valence electrons. The van der Waals surface area contributed by atoms with E-state index in [-0.39, 0.29) is 5.04 Å². The molecule has 1 aromatic heterocycles. The van der Waals surface area contributed by atoms with Gasteiger partial charge in [-0.1, -0.05) is 45.4 Å². The quantitative estimate of drug-likeness (QED) is 0.275. The van der Waals surface area contributed by atoms with Gasteiger partial charge in [-0.15, -0.1) is 0 Å². The summed E-state index contributed by atoms with van der Waals surface area (Å²) in [5, 5.41) is 14.2. The van der Waals surface area contributed by atoms with E-state index >= 15 is 0 Å². The number of benzene rings is 2. The van der Waals surface area contributed by atoms with Crippen LogP contribution in [0.4, 0.5) is 22.1 Å². The third kappa shape index (κ3) is 7.04. The lowest BCUT2D eigenvalue weighted by atomic mass is 9.83. The first-order chi connectivity index (χ1) is 19.8. The fourth-order valence-electron chi connectivity index (χ4n) is 4.71. The van der Waals surface area contributed by atoms with Crippen molar-refractivity contribution in [3.05, 3.63) is 64.3 Å². The normalized spacial score (nSPS) is 16.9. The van der Waals surface area contributed by atoms with E-state index in [0.29, 0.717) is 41.1 Å². The summed E-state index contributed by atoms with van der Waals surface area (Å²) in [5.74, 6) is 0.404. The van der Waals surface area contributed by atoms with Crippen molar-refractivity contribution in [1.29, 1.82) is 5.26 Å². The maximum Gasteiger partial charge on any atom is 0.414 e. The average molecular weight is 620 g/mol. The van der Waals surface area contributed by atoms with Crippen LogP contribution in [-0.4, -0.2) is 43.1 Å². The lowest BCUT2D eigenvalue weighted by Crippen LogP contribution is -2.46. The summed E-state index contributed by atoms with van der Waals surface area (Å²) in [6.07, 6.45) is 1.19. The van der Waals surface area contributed by atoms with E-state index in [1.54, 1.807) is 17.2 Å². The van der Waals surface area contributed by atoms with Crippen LogP contribution in [0, 0.1) is 18.3 Å². The van der Waals surface area contributed by atoms with Crippen molar-refractivity contribution >= 4 is 43.3 Å². The van der Waals surface area contributed by atoms with Gasteiger partial charge in [0.2, 0.25) is 5.95 Å². The molecule has 43 heavy (non-hydrogen) atoms. The Labute approximate surface area is 261 Å². The molecule has 10 heteroatoms. The zero-order valence-electron chi connectivity index (χ0n) is 26.8. The SMILES string of the molecule is Cc1ccc(Cl)cc1Nc1nccc(-c2cc(C#N)c3c(c2)C(C)(CO[Si](C)(C)C(C)(C)C)CN3C(=O)OC(C)(C)C)n1. The fourth-order valence-corrected chi connectivity index (χ4v) is 6.00. The molecule has 1 atom stereocenters. The average Bonchev–Trinajstić information content (AvgIpc) is 3.21. The second-order valence-electron chi connectivity index (χ2n) is 14.1. The summed E-state index contributed by atoms with van der Waals surface area (Å²) in [7, 11) is -2.12. The number of carbonyl (C=O) groups excluding carboxylic acids is 1. The lowest BCUT2D eigenvalue weighted by Gasteiger charge is -2.39. The minimum absolute atomic E-state index is 0.0149. The number of fused-ring (bicyclic) bond motifs is 1. The van der Waals surface area contributed by atoms with E-state index in [1.807, 2.05) is 58.0 Å². The molecular weight excluding hydrogens is 578 g/mol. The first-order valence-electron chi connectivity index (χ1n) is 14.4. The maximum atomic E-state index is 13.5. The Morgan fingerprint density at radius 1 is 1.16 bits per heavy atom. The minimum atomic E-state index is -2.12. The predicted molar refractivity (Wildman–Crippen MR) is 176 cm³/mol. The maximum absolute atomic E-state index is 13.5. The van der Waals surface area contributed by atoms with E-state index in [0.717, 1.165) is 22.4 Å². The molecule has 1 aliphatic rings.